The van der Waals surface area contributed by atoms with Crippen molar-refractivity contribution in [2.75, 3.05) is 5.32 Å². The SMILES string of the molecule is CCc1ccc(NC(=O)[C@@H]2[C@@H](C(=O)[O-])[C@@H]3CC[C@@H]2C3=C(C)C)cc1. The molecule has 4 atom stereocenters. The Kier molecular flexibility index (Phi) is 4.48. The molecule has 0 saturated heterocycles. The van der Waals surface area contributed by atoms with Crippen LogP contribution in [-0.4, -0.2) is 11.9 Å². The van der Waals surface area contributed by atoms with Gasteiger partial charge in [-0.2, -0.15) is 0 Å². The fourth-order valence-corrected chi connectivity index (χ4v) is 4.64. The van der Waals surface area contributed by atoms with Gasteiger partial charge in [0.1, 0.15) is 0 Å². The fraction of sp³-hybridized carbons (Fsp3) is 0.500. The van der Waals surface area contributed by atoms with Gasteiger partial charge in [-0.15, -0.1) is 0 Å². The predicted molar refractivity (Wildman–Crippen MR) is 91.0 cm³/mol. The zero-order valence-corrected chi connectivity index (χ0v) is 14.5. The summed E-state index contributed by atoms with van der Waals surface area (Å²) in [5.74, 6) is -2.52. The van der Waals surface area contributed by atoms with Crippen LogP contribution in [0, 0.1) is 23.7 Å². The molecule has 0 aliphatic heterocycles. The number of carboxylic acid groups (broad SMARTS) is 1. The third-order valence-corrected chi connectivity index (χ3v) is 5.62. The maximum absolute atomic E-state index is 12.8. The lowest BCUT2D eigenvalue weighted by atomic mass is 9.78. The van der Waals surface area contributed by atoms with Crippen LogP contribution in [0.4, 0.5) is 5.69 Å². The van der Waals surface area contributed by atoms with Gasteiger partial charge < -0.3 is 15.2 Å². The van der Waals surface area contributed by atoms with E-state index in [0.717, 1.165) is 30.5 Å². The van der Waals surface area contributed by atoms with Crippen LogP contribution in [0.5, 0.6) is 0 Å². The lowest BCUT2D eigenvalue weighted by Gasteiger charge is -2.30. The smallest absolute Gasteiger partial charge is 0.228 e. The Hall–Kier alpha value is -2.10. The number of carbonyl (C=O) groups excluding carboxylic acids is 2. The molecule has 0 unspecified atom stereocenters. The average molecular weight is 326 g/mol. The highest BCUT2D eigenvalue weighted by molar-refractivity contribution is 5.96. The number of fused-ring (bicyclic) bond motifs is 2. The molecule has 4 nitrogen and oxygen atoms in total. The van der Waals surface area contributed by atoms with Gasteiger partial charge in [0.15, 0.2) is 0 Å². The first-order chi connectivity index (χ1) is 11.4. The van der Waals surface area contributed by atoms with Crippen molar-refractivity contribution in [3.05, 3.63) is 41.0 Å². The van der Waals surface area contributed by atoms with Crippen LogP contribution in [0.15, 0.2) is 35.4 Å². The van der Waals surface area contributed by atoms with Gasteiger partial charge in [0, 0.05) is 17.6 Å². The molecule has 1 aromatic carbocycles. The number of rotatable bonds is 4. The van der Waals surface area contributed by atoms with E-state index in [2.05, 4.69) is 12.2 Å². The van der Waals surface area contributed by atoms with Gasteiger partial charge in [-0.3, -0.25) is 4.79 Å². The van der Waals surface area contributed by atoms with E-state index in [1.165, 1.54) is 11.1 Å². The lowest BCUT2D eigenvalue weighted by molar-refractivity contribution is -0.314. The molecule has 128 valence electrons. The molecule has 4 heteroatoms. The molecule has 1 amide bonds. The summed E-state index contributed by atoms with van der Waals surface area (Å²) < 4.78 is 0. The quantitative estimate of drug-likeness (QED) is 0.865. The fourth-order valence-electron chi connectivity index (χ4n) is 4.64. The molecule has 2 fully saturated rings. The third kappa shape index (κ3) is 2.74. The monoisotopic (exact) mass is 326 g/mol. The van der Waals surface area contributed by atoms with Crippen molar-refractivity contribution in [3.8, 4) is 0 Å². The first-order valence-corrected chi connectivity index (χ1v) is 8.72. The molecule has 0 aromatic heterocycles. The molecule has 2 aliphatic rings. The van der Waals surface area contributed by atoms with Gasteiger partial charge in [0.25, 0.3) is 0 Å². The maximum atomic E-state index is 12.8. The Labute approximate surface area is 143 Å². The summed E-state index contributed by atoms with van der Waals surface area (Å²) >= 11 is 0. The summed E-state index contributed by atoms with van der Waals surface area (Å²) in [6, 6.07) is 7.71. The molecule has 3 rings (SSSR count). The Balaban J connectivity index is 1.85. The second-order valence-electron chi connectivity index (χ2n) is 7.16. The summed E-state index contributed by atoms with van der Waals surface area (Å²) in [7, 11) is 0. The van der Waals surface area contributed by atoms with Gasteiger partial charge >= 0.3 is 0 Å². The predicted octanol–water partition coefficient (Wildman–Crippen LogP) is 2.55. The highest BCUT2D eigenvalue weighted by Crippen LogP contribution is 2.57. The number of aryl methyl sites for hydroxylation is 1. The third-order valence-electron chi connectivity index (χ3n) is 5.62. The van der Waals surface area contributed by atoms with Gasteiger partial charge in [0.05, 0.1) is 5.92 Å². The minimum Gasteiger partial charge on any atom is -0.550 e. The topological polar surface area (TPSA) is 69.2 Å². The zero-order valence-electron chi connectivity index (χ0n) is 14.5. The van der Waals surface area contributed by atoms with Crippen LogP contribution in [0.25, 0.3) is 0 Å². The van der Waals surface area contributed by atoms with E-state index < -0.39 is 17.8 Å². The van der Waals surface area contributed by atoms with E-state index in [0.29, 0.717) is 0 Å². The largest absolute Gasteiger partial charge is 0.550 e. The number of nitrogens with one attached hydrogen (secondary N) is 1. The van der Waals surface area contributed by atoms with Gasteiger partial charge in [-0.25, -0.2) is 0 Å². The van der Waals surface area contributed by atoms with E-state index in [9.17, 15) is 14.7 Å². The van der Waals surface area contributed by atoms with Crippen molar-refractivity contribution in [3.63, 3.8) is 0 Å². The Morgan fingerprint density at radius 2 is 1.67 bits per heavy atom. The second kappa shape index (κ2) is 6.42. The van der Waals surface area contributed by atoms with Crippen LogP contribution in [-0.2, 0) is 16.0 Å². The van der Waals surface area contributed by atoms with E-state index in [1.54, 1.807) is 0 Å². The summed E-state index contributed by atoms with van der Waals surface area (Å²) in [6.45, 7) is 6.10. The van der Waals surface area contributed by atoms with Crippen molar-refractivity contribution in [1.82, 2.24) is 0 Å². The van der Waals surface area contributed by atoms with Crippen LogP contribution in [0.3, 0.4) is 0 Å². The molecular formula is C20H24NO3-. The number of carboxylic acids is 1. The molecule has 2 bridgehead atoms. The molecule has 0 radical (unpaired) electrons. The Bertz CT molecular complexity index is 685. The van der Waals surface area contributed by atoms with E-state index in [4.69, 9.17) is 0 Å². The second-order valence-corrected chi connectivity index (χ2v) is 7.16. The number of aliphatic carboxylic acids is 1. The first-order valence-electron chi connectivity index (χ1n) is 8.72. The molecule has 1 aromatic rings. The normalized spacial score (nSPS) is 28.0. The van der Waals surface area contributed by atoms with Gasteiger partial charge in [0.2, 0.25) is 5.91 Å². The summed E-state index contributed by atoms with van der Waals surface area (Å²) in [6.07, 6.45) is 2.68. The number of benzene rings is 1. The number of anilines is 1. The number of hydrogen-bond acceptors (Lipinski definition) is 3. The number of amides is 1. The lowest BCUT2D eigenvalue weighted by Crippen LogP contribution is -2.43. The Morgan fingerprint density at radius 3 is 2.17 bits per heavy atom. The van der Waals surface area contributed by atoms with E-state index in [-0.39, 0.29) is 17.7 Å². The number of hydrogen-bond donors (Lipinski definition) is 1. The van der Waals surface area contributed by atoms with Crippen LogP contribution in [0.1, 0.15) is 39.2 Å². The van der Waals surface area contributed by atoms with E-state index in [1.807, 2.05) is 38.1 Å². The molecule has 1 N–H and O–H groups in total. The van der Waals surface area contributed by atoms with Crippen molar-refractivity contribution >= 4 is 17.6 Å². The molecule has 2 saturated carbocycles. The number of carbonyl (C=O) groups is 2. The summed E-state index contributed by atoms with van der Waals surface area (Å²) in [4.78, 5) is 24.5. The first kappa shape index (κ1) is 16.7. The standard InChI is InChI=1S/C20H25NO3/c1-4-12-5-7-13(8-6-12)21-19(22)17-14-9-10-15(16(14)11(2)3)18(17)20(23)24/h5-8,14-15,17-18H,4,9-10H2,1-3H3,(H,21,22)(H,23,24)/p-1/t14-,15-,17+,18+/m1/s1. The van der Waals surface area contributed by atoms with Crippen LogP contribution < -0.4 is 10.4 Å². The minimum absolute atomic E-state index is 0.0387. The van der Waals surface area contributed by atoms with E-state index >= 15 is 0 Å². The van der Waals surface area contributed by atoms with Gasteiger partial charge in [-0.05, 0) is 62.6 Å². The molecule has 24 heavy (non-hydrogen) atoms. The van der Waals surface area contributed by atoms with Crippen LogP contribution in [0.2, 0.25) is 0 Å². The average Bonchev–Trinajstić information content (AvgIpc) is 3.11. The molecule has 0 heterocycles. The highest BCUT2D eigenvalue weighted by Gasteiger charge is 2.54. The van der Waals surface area contributed by atoms with Crippen molar-refractivity contribution < 1.29 is 14.7 Å². The highest BCUT2D eigenvalue weighted by atomic mass is 16.4. The van der Waals surface area contributed by atoms with Crippen molar-refractivity contribution in [2.45, 2.75) is 40.0 Å². The maximum Gasteiger partial charge on any atom is 0.228 e. The van der Waals surface area contributed by atoms with Crippen molar-refractivity contribution in [2.24, 2.45) is 23.7 Å². The number of allylic oxidation sites excluding steroid dienone is 2. The molecule has 0 spiro atoms. The minimum atomic E-state index is -1.09. The van der Waals surface area contributed by atoms with Crippen molar-refractivity contribution in [1.29, 1.82) is 0 Å². The molecule has 2 aliphatic carbocycles. The van der Waals surface area contributed by atoms with Gasteiger partial charge in [-0.1, -0.05) is 30.2 Å². The Morgan fingerprint density at radius 1 is 1.08 bits per heavy atom. The molecular weight excluding hydrogens is 302 g/mol. The zero-order chi connectivity index (χ0) is 17.4. The van der Waals surface area contributed by atoms with Crippen LogP contribution >= 0.6 is 0 Å². The summed E-state index contributed by atoms with van der Waals surface area (Å²) in [5.41, 5.74) is 4.24. The summed E-state index contributed by atoms with van der Waals surface area (Å²) in [5, 5.41) is 14.6.